The molecule has 0 spiro atoms. The average molecular weight is 257 g/mol. The Bertz CT molecular complexity index is 183. The molecule has 3 nitrogen and oxygen atoms in total. The molecular weight excluding hydrogens is 226 g/mol. The van der Waals surface area contributed by atoms with Crippen LogP contribution in [-0.2, 0) is 9.53 Å². The minimum absolute atomic E-state index is 0.280. The zero-order valence-electron chi connectivity index (χ0n) is 12.1. The molecule has 18 heavy (non-hydrogen) atoms. The van der Waals surface area contributed by atoms with Crippen LogP contribution in [0.4, 0.5) is 0 Å². The van der Waals surface area contributed by atoms with Crippen LogP contribution in [0.2, 0.25) is 0 Å². The second-order valence-electron chi connectivity index (χ2n) is 5.01. The molecule has 0 fully saturated rings. The maximum absolute atomic E-state index is 10.4. The number of carbonyl (C=O) groups excluding carboxylic acids is 1. The van der Waals surface area contributed by atoms with Gasteiger partial charge in [-0.15, -0.1) is 0 Å². The molecule has 0 bridgehead atoms. The van der Waals surface area contributed by atoms with Crippen molar-refractivity contribution in [1.82, 2.24) is 0 Å². The summed E-state index contributed by atoms with van der Waals surface area (Å²) in [5.41, 5.74) is 5.01. The Hall–Kier alpha value is -0.570. The molecule has 0 aromatic rings. The smallest absolute Gasteiger partial charge is 0.219 e. The third-order valence-electron chi connectivity index (χ3n) is 3.14. The molecule has 3 heteroatoms. The van der Waals surface area contributed by atoms with Gasteiger partial charge in [0, 0.05) is 13.0 Å². The molecule has 0 rings (SSSR count). The highest BCUT2D eigenvalue weighted by atomic mass is 16.5. The number of primary amides is 1. The number of carbonyl (C=O) groups is 1. The largest absolute Gasteiger partial charge is 0.381 e. The average Bonchev–Trinajstić information content (AvgIpc) is 2.34. The van der Waals surface area contributed by atoms with E-state index in [-0.39, 0.29) is 5.91 Å². The summed E-state index contributed by atoms with van der Waals surface area (Å²) in [5, 5.41) is 0. The summed E-state index contributed by atoms with van der Waals surface area (Å²) < 4.78 is 5.32. The van der Waals surface area contributed by atoms with Gasteiger partial charge < -0.3 is 10.5 Å². The number of amides is 1. The van der Waals surface area contributed by atoms with Crippen molar-refractivity contribution in [2.24, 2.45) is 5.73 Å². The molecule has 2 N–H and O–H groups in total. The Morgan fingerprint density at radius 1 is 0.833 bits per heavy atom. The molecule has 0 aromatic carbocycles. The van der Waals surface area contributed by atoms with Crippen LogP contribution in [0.3, 0.4) is 0 Å². The molecule has 0 aromatic heterocycles. The number of unbranched alkanes of at least 4 members (excludes halogenated alkanes) is 9. The number of rotatable bonds is 14. The first kappa shape index (κ1) is 17.4. The summed E-state index contributed by atoms with van der Waals surface area (Å²) in [6, 6.07) is 0. The second kappa shape index (κ2) is 14.5. The van der Waals surface area contributed by atoms with Gasteiger partial charge in [-0.3, -0.25) is 4.79 Å². The zero-order valence-corrected chi connectivity index (χ0v) is 12.1. The van der Waals surface area contributed by atoms with Gasteiger partial charge in [0.05, 0.1) is 6.61 Å². The molecule has 0 radical (unpaired) electrons. The Kier molecular flexibility index (Phi) is 14.0. The van der Waals surface area contributed by atoms with Crippen molar-refractivity contribution in [1.29, 1.82) is 0 Å². The first-order valence-corrected chi connectivity index (χ1v) is 7.63. The fourth-order valence-corrected chi connectivity index (χ4v) is 1.97. The van der Waals surface area contributed by atoms with E-state index >= 15 is 0 Å². The van der Waals surface area contributed by atoms with Gasteiger partial charge in [-0.1, -0.05) is 64.7 Å². The van der Waals surface area contributed by atoms with E-state index in [0.717, 1.165) is 13.0 Å². The molecule has 108 valence electrons. The Morgan fingerprint density at radius 3 is 1.83 bits per heavy atom. The van der Waals surface area contributed by atoms with E-state index in [4.69, 9.17) is 10.5 Å². The lowest BCUT2D eigenvalue weighted by atomic mass is 10.1. The van der Waals surface area contributed by atoms with Crippen LogP contribution < -0.4 is 5.73 Å². The molecule has 0 unspecified atom stereocenters. The van der Waals surface area contributed by atoms with Crippen molar-refractivity contribution in [3.05, 3.63) is 0 Å². The third-order valence-corrected chi connectivity index (χ3v) is 3.14. The Balaban J connectivity index is 2.92. The zero-order chi connectivity index (χ0) is 13.5. The maximum Gasteiger partial charge on any atom is 0.219 e. The second-order valence-corrected chi connectivity index (χ2v) is 5.01. The Labute approximate surface area is 112 Å². The van der Waals surface area contributed by atoms with E-state index < -0.39 is 0 Å². The van der Waals surface area contributed by atoms with Gasteiger partial charge in [0.25, 0.3) is 0 Å². The fraction of sp³-hybridized carbons (Fsp3) is 0.933. The van der Waals surface area contributed by atoms with Crippen LogP contribution in [0.15, 0.2) is 0 Å². The predicted molar refractivity (Wildman–Crippen MR) is 76.5 cm³/mol. The summed E-state index contributed by atoms with van der Waals surface area (Å²) in [6.07, 6.45) is 13.7. The first-order chi connectivity index (χ1) is 8.77. The van der Waals surface area contributed by atoms with E-state index in [2.05, 4.69) is 6.92 Å². The molecule has 1 amide bonds. The quantitative estimate of drug-likeness (QED) is 0.481. The summed E-state index contributed by atoms with van der Waals surface area (Å²) in [5.74, 6) is -0.280. The highest BCUT2D eigenvalue weighted by molar-refractivity contribution is 5.73. The fourth-order valence-electron chi connectivity index (χ4n) is 1.97. The van der Waals surface area contributed by atoms with Crippen molar-refractivity contribution in [3.8, 4) is 0 Å². The summed E-state index contributed by atoms with van der Waals surface area (Å²) >= 11 is 0. The number of hydrogen-bond donors (Lipinski definition) is 1. The number of ether oxygens (including phenoxy) is 1. The SMILES string of the molecule is CCCCCCCCCCCCOCCC(N)=O. The van der Waals surface area contributed by atoms with Crippen LogP contribution in [-0.4, -0.2) is 19.1 Å². The summed E-state index contributed by atoms with van der Waals surface area (Å²) in [6.45, 7) is 3.50. The van der Waals surface area contributed by atoms with E-state index in [1.54, 1.807) is 0 Å². The van der Waals surface area contributed by atoms with Crippen LogP contribution in [0.25, 0.3) is 0 Å². The van der Waals surface area contributed by atoms with Gasteiger partial charge in [0.2, 0.25) is 5.91 Å². The Morgan fingerprint density at radius 2 is 1.33 bits per heavy atom. The minimum Gasteiger partial charge on any atom is -0.381 e. The van der Waals surface area contributed by atoms with Gasteiger partial charge in [0.15, 0.2) is 0 Å². The lowest BCUT2D eigenvalue weighted by Gasteiger charge is -2.03. The van der Waals surface area contributed by atoms with Crippen molar-refractivity contribution >= 4 is 5.91 Å². The molecule has 0 aliphatic rings. The first-order valence-electron chi connectivity index (χ1n) is 7.63. The summed E-state index contributed by atoms with van der Waals surface area (Å²) in [4.78, 5) is 10.4. The van der Waals surface area contributed by atoms with Crippen LogP contribution in [0.1, 0.15) is 77.6 Å². The lowest BCUT2D eigenvalue weighted by molar-refractivity contribution is -0.119. The normalized spacial score (nSPS) is 10.7. The monoisotopic (exact) mass is 257 g/mol. The topological polar surface area (TPSA) is 52.3 Å². The van der Waals surface area contributed by atoms with Gasteiger partial charge in [0.1, 0.15) is 0 Å². The van der Waals surface area contributed by atoms with Crippen molar-refractivity contribution < 1.29 is 9.53 Å². The molecule has 0 saturated heterocycles. The molecule has 0 atom stereocenters. The molecule has 0 aliphatic heterocycles. The van der Waals surface area contributed by atoms with Crippen LogP contribution in [0.5, 0.6) is 0 Å². The van der Waals surface area contributed by atoms with E-state index in [1.165, 1.54) is 57.8 Å². The molecule has 0 aliphatic carbocycles. The minimum atomic E-state index is -0.280. The maximum atomic E-state index is 10.4. The van der Waals surface area contributed by atoms with Gasteiger partial charge >= 0.3 is 0 Å². The van der Waals surface area contributed by atoms with E-state index in [1.807, 2.05) is 0 Å². The lowest BCUT2D eigenvalue weighted by Crippen LogP contribution is -2.13. The summed E-state index contributed by atoms with van der Waals surface area (Å²) in [7, 11) is 0. The predicted octanol–water partition coefficient (Wildman–Crippen LogP) is 3.80. The highest BCUT2D eigenvalue weighted by Gasteiger charge is 1.95. The van der Waals surface area contributed by atoms with Crippen LogP contribution in [0, 0.1) is 0 Å². The molecular formula is C15H31NO2. The van der Waals surface area contributed by atoms with Gasteiger partial charge in [-0.25, -0.2) is 0 Å². The molecule has 0 saturated carbocycles. The standard InChI is InChI=1S/C15H31NO2/c1-2-3-4-5-6-7-8-9-10-11-13-18-14-12-15(16)17/h2-14H2,1H3,(H2,16,17). The van der Waals surface area contributed by atoms with Gasteiger partial charge in [-0.05, 0) is 6.42 Å². The van der Waals surface area contributed by atoms with Crippen molar-refractivity contribution in [2.75, 3.05) is 13.2 Å². The molecule has 0 heterocycles. The van der Waals surface area contributed by atoms with E-state index in [0.29, 0.717) is 13.0 Å². The number of hydrogen-bond acceptors (Lipinski definition) is 2. The highest BCUT2D eigenvalue weighted by Crippen LogP contribution is 2.10. The number of nitrogens with two attached hydrogens (primary N) is 1. The van der Waals surface area contributed by atoms with Gasteiger partial charge in [-0.2, -0.15) is 0 Å². The van der Waals surface area contributed by atoms with Crippen molar-refractivity contribution in [2.45, 2.75) is 77.6 Å². The van der Waals surface area contributed by atoms with Crippen LogP contribution >= 0.6 is 0 Å². The van der Waals surface area contributed by atoms with Crippen molar-refractivity contribution in [3.63, 3.8) is 0 Å². The van der Waals surface area contributed by atoms with E-state index in [9.17, 15) is 4.79 Å². The third kappa shape index (κ3) is 15.4.